The summed E-state index contributed by atoms with van der Waals surface area (Å²) in [6, 6.07) is 8.22. The van der Waals surface area contributed by atoms with Crippen molar-refractivity contribution in [3.05, 3.63) is 35.4 Å². The molecule has 4 nitrogen and oxygen atoms in total. The number of rotatable bonds is 5. The highest BCUT2D eigenvalue weighted by Gasteiger charge is 2.48. The maximum atomic E-state index is 11.7. The highest BCUT2D eigenvalue weighted by Crippen LogP contribution is 2.38. The second-order valence-corrected chi connectivity index (χ2v) is 5.34. The molecule has 19 heavy (non-hydrogen) atoms. The van der Waals surface area contributed by atoms with E-state index in [1.807, 2.05) is 13.8 Å². The number of carboxylic acid groups (broad SMARTS) is 1. The number of aryl methyl sites for hydroxylation is 1. The van der Waals surface area contributed by atoms with Gasteiger partial charge in [0.15, 0.2) is 0 Å². The molecule has 1 aliphatic rings. The third-order valence-electron chi connectivity index (χ3n) is 3.67. The molecule has 1 aromatic rings. The van der Waals surface area contributed by atoms with Crippen LogP contribution in [0.3, 0.4) is 0 Å². The van der Waals surface area contributed by atoms with E-state index in [9.17, 15) is 9.59 Å². The van der Waals surface area contributed by atoms with Crippen LogP contribution in [0.4, 0.5) is 0 Å². The molecule has 2 rings (SSSR count). The molecule has 0 heterocycles. The molecular weight excluding hydrogens is 242 g/mol. The molecular formula is C15H19NO3. The zero-order chi connectivity index (χ0) is 14.0. The maximum Gasteiger partial charge on any atom is 0.307 e. The number of amides is 1. The molecule has 1 aromatic carbocycles. The second kappa shape index (κ2) is 5.43. The third kappa shape index (κ3) is 3.34. The zero-order valence-electron chi connectivity index (χ0n) is 11.2. The first kappa shape index (κ1) is 13.6. The highest BCUT2D eigenvalue weighted by atomic mass is 16.4. The van der Waals surface area contributed by atoms with Crippen LogP contribution >= 0.6 is 0 Å². The summed E-state index contributed by atoms with van der Waals surface area (Å²) in [4.78, 5) is 22.4. The SMILES string of the molecule is Cc1ccc(C(C)CNC(=O)[C@@H]2C[C@@H]2C(=O)O)cc1. The number of aliphatic carboxylic acids is 1. The van der Waals surface area contributed by atoms with Gasteiger partial charge in [-0.15, -0.1) is 0 Å². The minimum atomic E-state index is -0.869. The molecule has 0 aliphatic heterocycles. The number of nitrogens with one attached hydrogen (secondary N) is 1. The average molecular weight is 261 g/mol. The standard InChI is InChI=1S/C15H19NO3/c1-9-3-5-11(6-4-9)10(2)8-16-14(17)12-7-13(12)15(18)19/h3-6,10,12-13H,7-8H2,1-2H3,(H,16,17)(H,18,19)/t10?,12-,13+/m1/s1. The summed E-state index contributed by atoms with van der Waals surface area (Å²) >= 11 is 0. The molecule has 1 fully saturated rings. The van der Waals surface area contributed by atoms with Crippen molar-refractivity contribution in [3.8, 4) is 0 Å². The second-order valence-electron chi connectivity index (χ2n) is 5.34. The molecule has 102 valence electrons. The Kier molecular flexibility index (Phi) is 3.88. The first-order valence-corrected chi connectivity index (χ1v) is 6.56. The predicted octanol–water partition coefficient (Wildman–Crippen LogP) is 1.94. The Hall–Kier alpha value is -1.84. The lowest BCUT2D eigenvalue weighted by Crippen LogP contribution is -2.29. The number of carboxylic acids is 1. The van der Waals surface area contributed by atoms with E-state index in [0.29, 0.717) is 13.0 Å². The van der Waals surface area contributed by atoms with E-state index in [2.05, 4.69) is 29.6 Å². The topological polar surface area (TPSA) is 66.4 Å². The van der Waals surface area contributed by atoms with Crippen LogP contribution in [-0.4, -0.2) is 23.5 Å². The lowest BCUT2D eigenvalue weighted by molar-refractivity contribution is -0.140. The van der Waals surface area contributed by atoms with Gasteiger partial charge in [-0.3, -0.25) is 9.59 Å². The van der Waals surface area contributed by atoms with E-state index in [4.69, 9.17) is 5.11 Å². The molecule has 1 saturated carbocycles. The number of hydrogen-bond acceptors (Lipinski definition) is 2. The monoisotopic (exact) mass is 261 g/mol. The van der Waals surface area contributed by atoms with Crippen LogP contribution < -0.4 is 5.32 Å². The summed E-state index contributed by atoms with van der Waals surface area (Å²) in [6.45, 7) is 4.63. The predicted molar refractivity (Wildman–Crippen MR) is 71.8 cm³/mol. The first-order chi connectivity index (χ1) is 8.99. The van der Waals surface area contributed by atoms with Crippen molar-refractivity contribution >= 4 is 11.9 Å². The van der Waals surface area contributed by atoms with Gasteiger partial charge in [0.25, 0.3) is 0 Å². The molecule has 1 amide bonds. The van der Waals surface area contributed by atoms with Crippen LogP contribution in [0.25, 0.3) is 0 Å². The lowest BCUT2D eigenvalue weighted by atomic mass is 10.00. The van der Waals surface area contributed by atoms with Gasteiger partial charge in [-0.05, 0) is 24.8 Å². The van der Waals surface area contributed by atoms with Crippen LogP contribution in [0, 0.1) is 18.8 Å². The molecule has 0 radical (unpaired) electrons. The Bertz CT molecular complexity index is 481. The van der Waals surface area contributed by atoms with Gasteiger partial charge in [0.2, 0.25) is 5.91 Å². The minimum Gasteiger partial charge on any atom is -0.481 e. The van der Waals surface area contributed by atoms with E-state index < -0.39 is 11.9 Å². The van der Waals surface area contributed by atoms with Crippen molar-refractivity contribution in [1.82, 2.24) is 5.32 Å². The van der Waals surface area contributed by atoms with Crippen molar-refractivity contribution in [2.45, 2.75) is 26.2 Å². The molecule has 0 aromatic heterocycles. The third-order valence-corrected chi connectivity index (χ3v) is 3.67. The van der Waals surface area contributed by atoms with Crippen LogP contribution in [0.5, 0.6) is 0 Å². The fraction of sp³-hybridized carbons (Fsp3) is 0.467. The van der Waals surface area contributed by atoms with Crippen molar-refractivity contribution in [3.63, 3.8) is 0 Å². The highest BCUT2D eigenvalue weighted by molar-refractivity contribution is 5.89. The molecule has 2 N–H and O–H groups in total. The van der Waals surface area contributed by atoms with Gasteiger partial charge in [-0.25, -0.2) is 0 Å². The normalized spacial score (nSPS) is 22.6. The quantitative estimate of drug-likeness (QED) is 0.851. The van der Waals surface area contributed by atoms with Crippen LogP contribution in [-0.2, 0) is 9.59 Å². The van der Waals surface area contributed by atoms with E-state index in [1.165, 1.54) is 11.1 Å². The van der Waals surface area contributed by atoms with Gasteiger partial charge in [0.05, 0.1) is 11.8 Å². The van der Waals surface area contributed by atoms with Crippen LogP contribution in [0.15, 0.2) is 24.3 Å². The average Bonchev–Trinajstić information content (AvgIpc) is 3.16. The summed E-state index contributed by atoms with van der Waals surface area (Å²) in [5.41, 5.74) is 2.39. The van der Waals surface area contributed by atoms with Crippen LogP contribution in [0.2, 0.25) is 0 Å². The molecule has 1 aliphatic carbocycles. The fourth-order valence-electron chi connectivity index (χ4n) is 2.16. The van der Waals surface area contributed by atoms with Crippen molar-refractivity contribution in [2.75, 3.05) is 6.54 Å². The number of carbonyl (C=O) groups is 2. The van der Waals surface area contributed by atoms with Gasteiger partial charge in [0.1, 0.15) is 0 Å². The molecule has 0 saturated heterocycles. The largest absolute Gasteiger partial charge is 0.481 e. The Morgan fingerprint density at radius 1 is 1.32 bits per heavy atom. The summed E-state index contributed by atoms with van der Waals surface area (Å²) < 4.78 is 0. The van der Waals surface area contributed by atoms with Crippen molar-refractivity contribution in [2.24, 2.45) is 11.8 Å². The summed E-state index contributed by atoms with van der Waals surface area (Å²) in [6.07, 6.45) is 0.472. The molecule has 3 atom stereocenters. The van der Waals surface area contributed by atoms with Crippen molar-refractivity contribution in [1.29, 1.82) is 0 Å². The zero-order valence-corrected chi connectivity index (χ0v) is 11.2. The van der Waals surface area contributed by atoms with Crippen molar-refractivity contribution < 1.29 is 14.7 Å². The number of hydrogen-bond donors (Lipinski definition) is 2. The van der Waals surface area contributed by atoms with E-state index in [-0.39, 0.29) is 17.7 Å². The van der Waals surface area contributed by atoms with Gasteiger partial charge in [-0.2, -0.15) is 0 Å². The Balaban J connectivity index is 1.81. The lowest BCUT2D eigenvalue weighted by Gasteiger charge is -2.13. The molecule has 1 unspecified atom stereocenters. The van der Waals surface area contributed by atoms with Crippen LogP contribution in [0.1, 0.15) is 30.4 Å². The van der Waals surface area contributed by atoms with Gasteiger partial charge in [0, 0.05) is 6.54 Å². The van der Waals surface area contributed by atoms with Gasteiger partial charge in [-0.1, -0.05) is 36.8 Å². The summed E-state index contributed by atoms with van der Waals surface area (Å²) in [7, 11) is 0. The van der Waals surface area contributed by atoms with Gasteiger partial charge < -0.3 is 10.4 Å². The molecule has 0 spiro atoms. The summed E-state index contributed by atoms with van der Waals surface area (Å²) in [5, 5.41) is 11.6. The molecule has 4 heteroatoms. The Morgan fingerprint density at radius 2 is 1.95 bits per heavy atom. The Morgan fingerprint density at radius 3 is 2.47 bits per heavy atom. The van der Waals surface area contributed by atoms with E-state index >= 15 is 0 Å². The number of carbonyl (C=O) groups excluding carboxylic acids is 1. The molecule has 0 bridgehead atoms. The minimum absolute atomic E-state index is 0.133. The van der Waals surface area contributed by atoms with E-state index in [0.717, 1.165) is 0 Å². The van der Waals surface area contributed by atoms with E-state index in [1.54, 1.807) is 0 Å². The first-order valence-electron chi connectivity index (χ1n) is 6.56. The number of benzene rings is 1. The Labute approximate surface area is 112 Å². The fourth-order valence-corrected chi connectivity index (χ4v) is 2.16. The van der Waals surface area contributed by atoms with Gasteiger partial charge >= 0.3 is 5.97 Å². The maximum absolute atomic E-state index is 11.7. The smallest absolute Gasteiger partial charge is 0.307 e. The summed E-state index contributed by atoms with van der Waals surface area (Å²) in [5.74, 6) is -1.58.